The van der Waals surface area contributed by atoms with Crippen LogP contribution in [0.25, 0.3) is 0 Å². The summed E-state index contributed by atoms with van der Waals surface area (Å²) in [6, 6.07) is 4.92. The van der Waals surface area contributed by atoms with E-state index in [2.05, 4.69) is 0 Å². The lowest BCUT2D eigenvalue weighted by atomic mass is 9.98. The van der Waals surface area contributed by atoms with Gasteiger partial charge in [-0.05, 0) is 36.1 Å². The van der Waals surface area contributed by atoms with E-state index in [1.807, 2.05) is 25.1 Å². The number of amides is 1. The predicted octanol–water partition coefficient (Wildman–Crippen LogP) is 2.62. The number of morpholine rings is 1. The van der Waals surface area contributed by atoms with Crippen LogP contribution in [0.1, 0.15) is 24.5 Å². The lowest BCUT2D eigenvalue weighted by Gasteiger charge is -2.39. The van der Waals surface area contributed by atoms with Crippen LogP contribution in [-0.4, -0.2) is 67.4 Å². The SMILES string of the molecule is CCCOc1ccc2c(c1)CCN(C(=O)C1COCCN1CC(F)(F)F)C2. The lowest BCUT2D eigenvalue weighted by Crippen LogP contribution is -2.57. The highest BCUT2D eigenvalue weighted by atomic mass is 19.4. The van der Waals surface area contributed by atoms with Crippen LogP contribution in [0.5, 0.6) is 5.75 Å². The monoisotopic (exact) mass is 386 g/mol. The third-order valence-electron chi connectivity index (χ3n) is 4.88. The molecule has 0 spiro atoms. The molecular weight excluding hydrogens is 361 g/mol. The predicted molar refractivity (Wildman–Crippen MR) is 93.6 cm³/mol. The number of ether oxygens (including phenoxy) is 2. The van der Waals surface area contributed by atoms with E-state index in [1.165, 1.54) is 4.90 Å². The zero-order valence-electron chi connectivity index (χ0n) is 15.4. The van der Waals surface area contributed by atoms with E-state index >= 15 is 0 Å². The molecule has 8 heteroatoms. The second-order valence-electron chi connectivity index (χ2n) is 6.97. The molecule has 1 atom stereocenters. The van der Waals surface area contributed by atoms with E-state index in [9.17, 15) is 18.0 Å². The fourth-order valence-electron chi connectivity index (χ4n) is 3.52. The smallest absolute Gasteiger partial charge is 0.401 e. The fourth-order valence-corrected chi connectivity index (χ4v) is 3.52. The molecule has 2 heterocycles. The Hall–Kier alpha value is -1.80. The van der Waals surface area contributed by atoms with Gasteiger partial charge in [-0.15, -0.1) is 0 Å². The molecule has 0 N–H and O–H groups in total. The summed E-state index contributed by atoms with van der Waals surface area (Å²) >= 11 is 0. The van der Waals surface area contributed by atoms with Crippen LogP contribution in [-0.2, 0) is 22.5 Å². The van der Waals surface area contributed by atoms with Crippen molar-refractivity contribution in [1.29, 1.82) is 0 Å². The highest BCUT2D eigenvalue weighted by Gasteiger charge is 2.40. The minimum absolute atomic E-state index is 0.00205. The minimum Gasteiger partial charge on any atom is -0.494 e. The Balaban J connectivity index is 1.67. The maximum absolute atomic E-state index is 12.9. The van der Waals surface area contributed by atoms with Crippen LogP contribution < -0.4 is 4.74 Å². The van der Waals surface area contributed by atoms with Crippen LogP contribution in [0.15, 0.2) is 18.2 Å². The number of fused-ring (bicyclic) bond motifs is 1. The van der Waals surface area contributed by atoms with E-state index in [-0.39, 0.29) is 25.7 Å². The summed E-state index contributed by atoms with van der Waals surface area (Å²) < 4.78 is 49.4. The highest BCUT2D eigenvalue weighted by Crippen LogP contribution is 2.26. The van der Waals surface area contributed by atoms with Gasteiger partial charge in [0.1, 0.15) is 11.8 Å². The first-order chi connectivity index (χ1) is 12.9. The van der Waals surface area contributed by atoms with Crippen LogP contribution in [0, 0.1) is 0 Å². The van der Waals surface area contributed by atoms with Crippen molar-refractivity contribution in [1.82, 2.24) is 9.80 Å². The molecule has 0 saturated carbocycles. The number of carbonyl (C=O) groups is 1. The summed E-state index contributed by atoms with van der Waals surface area (Å²) in [4.78, 5) is 15.7. The summed E-state index contributed by atoms with van der Waals surface area (Å²) in [5.74, 6) is 0.517. The molecule has 1 unspecified atom stereocenters. The Morgan fingerprint density at radius 3 is 2.85 bits per heavy atom. The van der Waals surface area contributed by atoms with Gasteiger partial charge in [0.2, 0.25) is 5.91 Å². The Labute approximate surface area is 157 Å². The van der Waals surface area contributed by atoms with Crippen LogP contribution in [0.3, 0.4) is 0 Å². The van der Waals surface area contributed by atoms with E-state index in [1.54, 1.807) is 4.90 Å². The number of benzene rings is 1. The van der Waals surface area contributed by atoms with Gasteiger partial charge in [0.15, 0.2) is 0 Å². The van der Waals surface area contributed by atoms with E-state index in [0.29, 0.717) is 26.1 Å². The van der Waals surface area contributed by atoms with Gasteiger partial charge >= 0.3 is 6.18 Å². The van der Waals surface area contributed by atoms with Crippen molar-refractivity contribution in [2.75, 3.05) is 39.5 Å². The molecule has 5 nitrogen and oxygen atoms in total. The van der Waals surface area contributed by atoms with E-state index in [4.69, 9.17) is 9.47 Å². The summed E-state index contributed by atoms with van der Waals surface area (Å²) in [5.41, 5.74) is 2.14. The number of carbonyl (C=O) groups excluding carboxylic acids is 1. The first kappa shape index (κ1) is 19.9. The molecule has 1 amide bonds. The maximum Gasteiger partial charge on any atom is 0.401 e. The molecule has 0 radical (unpaired) electrons. The quantitative estimate of drug-likeness (QED) is 0.780. The zero-order chi connectivity index (χ0) is 19.4. The van der Waals surface area contributed by atoms with Gasteiger partial charge in [-0.25, -0.2) is 0 Å². The van der Waals surface area contributed by atoms with Crippen molar-refractivity contribution in [3.8, 4) is 5.75 Å². The van der Waals surface area contributed by atoms with Crippen LogP contribution in [0.2, 0.25) is 0 Å². The molecule has 0 aromatic heterocycles. The second kappa shape index (κ2) is 8.48. The Morgan fingerprint density at radius 2 is 2.11 bits per heavy atom. The number of alkyl halides is 3. The number of halogens is 3. The van der Waals surface area contributed by atoms with Gasteiger partial charge < -0.3 is 14.4 Å². The number of nitrogens with zero attached hydrogens (tertiary/aromatic N) is 2. The van der Waals surface area contributed by atoms with Crippen molar-refractivity contribution >= 4 is 5.91 Å². The highest BCUT2D eigenvalue weighted by molar-refractivity contribution is 5.82. The van der Waals surface area contributed by atoms with Gasteiger partial charge in [0.05, 0.1) is 26.4 Å². The van der Waals surface area contributed by atoms with Crippen molar-refractivity contribution < 1.29 is 27.4 Å². The summed E-state index contributed by atoms with van der Waals surface area (Å²) in [5, 5.41) is 0. The van der Waals surface area contributed by atoms with E-state index in [0.717, 1.165) is 23.3 Å². The summed E-state index contributed by atoms with van der Waals surface area (Å²) in [6.07, 6.45) is -2.74. The first-order valence-electron chi connectivity index (χ1n) is 9.29. The summed E-state index contributed by atoms with van der Waals surface area (Å²) in [6.45, 7) is 2.82. The van der Waals surface area contributed by atoms with Gasteiger partial charge in [0.25, 0.3) is 0 Å². The largest absolute Gasteiger partial charge is 0.494 e. The molecule has 1 saturated heterocycles. The molecule has 27 heavy (non-hydrogen) atoms. The molecule has 3 rings (SSSR count). The molecule has 1 aromatic rings. The minimum atomic E-state index is -4.33. The van der Waals surface area contributed by atoms with Crippen LogP contribution >= 0.6 is 0 Å². The molecule has 0 aliphatic carbocycles. The number of hydrogen-bond donors (Lipinski definition) is 0. The maximum atomic E-state index is 12.9. The standard InChI is InChI=1S/C19H25F3N2O3/c1-2-8-27-16-4-3-15-11-23(6-5-14(15)10-16)18(25)17-12-26-9-7-24(17)13-19(20,21)22/h3-4,10,17H,2,5-9,11-13H2,1H3. The van der Waals surface area contributed by atoms with Crippen LogP contribution in [0.4, 0.5) is 13.2 Å². The topological polar surface area (TPSA) is 42.0 Å². The molecule has 1 aromatic carbocycles. The third-order valence-corrected chi connectivity index (χ3v) is 4.88. The van der Waals surface area contributed by atoms with Crippen molar-refractivity contribution in [2.24, 2.45) is 0 Å². The average molecular weight is 386 g/mol. The molecule has 2 aliphatic rings. The molecule has 0 bridgehead atoms. The molecule has 150 valence electrons. The van der Waals surface area contributed by atoms with Crippen molar-refractivity contribution in [3.05, 3.63) is 29.3 Å². The summed E-state index contributed by atoms with van der Waals surface area (Å²) in [7, 11) is 0. The normalized spacial score (nSPS) is 21.0. The number of hydrogen-bond acceptors (Lipinski definition) is 4. The Kier molecular flexibility index (Phi) is 6.26. The van der Waals surface area contributed by atoms with Crippen molar-refractivity contribution in [3.63, 3.8) is 0 Å². The first-order valence-corrected chi connectivity index (χ1v) is 9.29. The third kappa shape index (κ3) is 5.13. The number of rotatable bonds is 5. The Bertz CT molecular complexity index is 666. The average Bonchev–Trinajstić information content (AvgIpc) is 2.64. The van der Waals surface area contributed by atoms with E-state index < -0.39 is 18.8 Å². The second-order valence-corrected chi connectivity index (χ2v) is 6.97. The molecule has 2 aliphatic heterocycles. The zero-order valence-corrected chi connectivity index (χ0v) is 15.4. The molecular formula is C19H25F3N2O3. The molecule has 1 fully saturated rings. The van der Waals surface area contributed by atoms with Crippen molar-refractivity contribution in [2.45, 2.75) is 38.5 Å². The van der Waals surface area contributed by atoms with Gasteiger partial charge in [-0.3, -0.25) is 9.69 Å². The lowest BCUT2D eigenvalue weighted by molar-refractivity contribution is -0.171. The van der Waals surface area contributed by atoms with Gasteiger partial charge in [0, 0.05) is 19.6 Å². The Morgan fingerprint density at radius 1 is 1.30 bits per heavy atom. The van der Waals surface area contributed by atoms with Gasteiger partial charge in [-0.1, -0.05) is 13.0 Å². The fraction of sp³-hybridized carbons (Fsp3) is 0.632. The van der Waals surface area contributed by atoms with Gasteiger partial charge in [-0.2, -0.15) is 13.2 Å².